The first kappa shape index (κ1) is 18.1. The first-order valence-electron chi connectivity index (χ1n) is 8.38. The van der Waals surface area contributed by atoms with E-state index in [9.17, 15) is 13.2 Å². The van der Waals surface area contributed by atoms with Crippen molar-refractivity contribution >= 4 is 27.3 Å². The van der Waals surface area contributed by atoms with E-state index in [-0.39, 0.29) is 16.8 Å². The number of carbonyl (C=O) groups excluding carboxylic acids is 1. The summed E-state index contributed by atoms with van der Waals surface area (Å²) in [6.45, 7) is 3.33. The average molecular weight is 379 g/mol. The molecule has 25 heavy (non-hydrogen) atoms. The van der Waals surface area contributed by atoms with E-state index in [0.717, 1.165) is 31.5 Å². The lowest BCUT2D eigenvalue weighted by molar-refractivity contribution is 0.0792. The molecule has 1 saturated heterocycles. The highest BCUT2D eigenvalue weighted by atomic mass is 32.2. The van der Waals surface area contributed by atoms with Crippen LogP contribution in [0.5, 0.6) is 0 Å². The average Bonchev–Trinajstić information content (AvgIpc) is 3.27. The third-order valence-corrected chi connectivity index (χ3v) is 6.58. The molecule has 7 heteroatoms. The fourth-order valence-electron chi connectivity index (χ4n) is 3.04. The maximum Gasteiger partial charge on any atom is 0.253 e. The van der Waals surface area contributed by atoms with Crippen molar-refractivity contribution in [2.75, 3.05) is 13.1 Å². The number of hydrogen-bond acceptors (Lipinski definition) is 4. The second-order valence-corrected chi connectivity index (χ2v) is 8.88. The quantitative estimate of drug-likeness (QED) is 0.840. The molecule has 1 N–H and O–H groups in total. The minimum atomic E-state index is -3.66. The van der Waals surface area contributed by atoms with Gasteiger partial charge in [-0.05, 0) is 66.8 Å². The molecule has 1 atom stereocenters. The summed E-state index contributed by atoms with van der Waals surface area (Å²) >= 11 is 1.59. The predicted octanol–water partition coefficient (Wildman–Crippen LogP) is 2.89. The van der Waals surface area contributed by atoms with Crippen molar-refractivity contribution in [3.05, 3.63) is 52.2 Å². The van der Waals surface area contributed by atoms with E-state index < -0.39 is 10.0 Å². The van der Waals surface area contributed by atoms with Gasteiger partial charge in [-0.25, -0.2) is 13.1 Å². The Balaban J connectivity index is 1.73. The molecule has 1 aromatic heterocycles. The zero-order valence-corrected chi connectivity index (χ0v) is 15.8. The molecule has 0 unspecified atom stereocenters. The highest BCUT2D eigenvalue weighted by molar-refractivity contribution is 7.89. The van der Waals surface area contributed by atoms with Crippen molar-refractivity contribution < 1.29 is 13.2 Å². The third kappa shape index (κ3) is 4.48. The molecule has 2 aromatic rings. The van der Waals surface area contributed by atoms with E-state index in [4.69, 9.17) is 0 Å². The van der Waals surface area contributed by atoms with E-state index in [2.05, 4.69) is 4.72 Å². The van der Waals surface area contributed by atoms with Crippen LogP contribution in [-0.2, 0) is 16.4 Å². The van der Waals surface area contributed by atoms with Crippen LogP contribution < -0.4 is 4.72 Å². The molecule has 1 amide bonds. The standard InChI is InChI=1S/C18H22N2O3S2/c1-14(11-15-7-10-24-13-15)19-25(22,23)17-6-4-5-16(12-17)18(21)20-8-2-3-9-20/h4-7,10,12-14,19H,2-3,8-9,11H2,1H3/t14-/m0/s1. The molecule has 0 radical (unpaired) electrons. The minimum absolute atomic E-state index is 0.0964. The van der Waals surface area contributed by atoms with Crippen LogP contribution in [0.15, 0.2) is 46.0 Å². The molecule has 5 nitrogen and oxygen atoms in total. The van der Waals surface area contributed by atoms with Crippen molar-refractivity contribution in [3.8, 4) is 0 Å². The van der Waals surface area contributed by atoms with Gasteiger partial charge in [0.2, 0.25) is 10.0 Å². The van der Waals surface area contributed by atoms with E-state index in [0.29, 0.717) is 12.0 Å². The summed E-state index contributed by atoms with van der Waals surface area (Å²) in [6, 6.07) is 8.07. The number of likely N-dealkylation sites (tertiary alicyclic amines) is 1. The largest absolute Gasteiger partial charge is 0.339 e. The Hall–Kier alpha value is -1.70. The second-order valence-electron chi connectivity index (χ2n) is 6.39. The number of hydrogen-bond donors (Lipinski definition) is 1. The number of thiophene rings is 1. The van der Waals surface area contributed by atoms with E-state index >= 15 is 0 Å². The van der Waals surface area contributed by atoms with E-state index in [1.165, 1.54) is 12.1 Å². The highest BCUT2D eigenvalue weighted by Gasteiger charge is 2.22. The number of amides is 1. The van der Waals surface area contributed by atoms with Gasteiger partial charge in [0.1, 0.15) is 0 Å². The van der Waals surface area contributed by atoms with Crippen LogP contribution >= 0.6 is 11.3 Å². The summed E-state index contributed by atoms with van der Waals surface area (Å²) in [5.74, 6) is -0.0964. The Kier molecular flexibility index (Phi) is 5.56. The molecule has 1 fully saturated rings. The molecule has 3 rings (SSSR count). The molecule has 1 aromatic carbocycles. The van der Waals surface area contributed by atoms with Crippen LogP contribution in [-0.4, -0.2) is 38.4 Å². The van der Waals surface area contributed by atoms with Crippen LogP contribution in [0.2, 0.25) is 0 Å². The fourth-order valence-corrected chi connectivity index (χ4v) is 5.01. The summed E-state index contributed by atoms with van der Waals surface area (Å²) in [5, 5.41) is 3.99. The van der Waals surface area contributed by atoms with Gasteiger partial charge in [0, 0.05) is 24.7 Å². The number of rotatable bonds is 6. The summed E-state index contributed by atoms with van der Waals surface area (Å²) in [4.78, 5) is 14.4. The molecule has 1 aliphatic heterocycles. The monoisotopic (exact) mass is 378 g/mol. The van der Waals surface area contributed by atoms with Crippen LogP contribution in [0.4, 0.5) is 0 Å². The van der Waals surface area contributed by atoms with Gasteiger partial charge in [-0.1, -0.05) is 6.07 Å². The maximum atomic E-state index is 12.6. The van der Waals surface area contributed by atoms with Gasteiger partial charge < -0.3 is 4.90 Å². The van der Waals surface area contributed by atoms with E-state index in [1.54, 1.807) is 28.4 Å². The van der Waals surface area contributed by atoms with Gasteiger partial charge in [-0.3, -0.25) is 4.79 Å². The fraction of sp³-hybridized carbons (Fsp3) is 0.389. The maximum absolute atomic E-state index is 12.6. The zero-order chi connectivity index (χ0) is 17.9. The normalized spacial score (nSPS) is 16.1. The highest BCUT2D eigenvalue weighted by Crippen LogP contribution is 2.17. The topological polar surface area (TPSA) is 66.5 Å². The number of sulfonamides is 1. The van der Waals surface area contributed by atoms with Crippen LogP contribution in [0.1, 0.15) is 35.7 Å². The molecule has 0 spiro atoms. The van der Waals surface area contributed by atoms with Crippen molar-refractivity contribution in [3.63, 3.8) is 0 Å². The number of nitrogens with one attached hydrogen (secondary N) is 1. The molecule has 0 saturated carbocycles. The zero-order valence-electron chi connectivity index (χ0n) is 14.1. The summed E-state index contributed by atoms with van der Waals surface area (Å²) in [6.07, 6.45) is 2.64. The summed E-state index contributed by atoms with van der Waals surface area (Å²) < 4.78 is 28.0. The van der Waals surface area contributed by atoms with Gasteiger partial charge in [0.25, 0.3) is 5.91 Å². The molecular weight excluding hydrogens is 356 g/mol. The Morgan fingerprint density at radius 3 is 2.72 bits per heavy atom. The first-order valence-corrected chi connectivity index (χ1v) is 10.8. The Morgan fingerprint density at radius 2 is 2.04 bits per heavy atom. The van der Waals surface area contributed by atoms with Gasteiger partial charge >= 0.3 is 0 Å². The molecular formula is C18H22N2O3S2. The van der Waals surface area contributed by atoms with Crippen molar-refractivity contribution in [1.29, 1.82) is 0 Å². The van der Waals surface area contributed by atoms with Gasteiger partial charge in [0.05, 0.1) is 4.90 Å². The van der Waals surface area contributed by atoms with Crippen LogP contribution in [0.3, 0.4) is 0 Å². The Morgan fingerprint density at radius 1 is 1.28 bits per heavy atom. The van der Waals surface area contributed by atoms with Crippen LogP contribution in [0.25, 0.3) is 0 Å². The molecule has 0 bridgehead atoms. The van der Waals surface area contributed by atoms with Gasteiger partial charge in [-0.2, -0.15) is 11.3 Å². The van der Waals surface area contributed by atoms with Crippen molar-refractivity contribution in [2.24, 2.45) is 0 Å². The lowest BCUT2D eigenvalue weighted by Crippen LogP contribution is -2.34. The van der Waals surface area contributed by atoms with Crippen LogP contribution in [0, 0.1) is 0 Å². The predicted molar refractivity (Wildman–Crippen MR) is 99.4 cm³/mol. The SMILES string of the molecule is C[C@@H](Cc1ccsc1)NS(=O)(=O)c1cccc(C(=O)N2CCCC2)c1. The van der Waals surface area contributed by atoms with Gasteiger partial charge in [0.15, 0.2) is 0 Å². The minimum Gasteiger partial charge on any atom is -0.339 e. The van der Waals surface area contributed by atoms with Crippen molar-refractivity contribution in [1.82, 2.24) is 9.62 Å². The Labute approximate surface area is 152 Å². The summed E-state index contributed by atoms with van der Waals surface area (Å²) in [7, 11) is -3.66. The second kappa shape index (κ2) is 7.68. The smallest absolute Gasteiger partial charge is 0.253 e. The lowest BCUT2D eigenvalue weighted by atomic mass is 10.1. The molecule has 134 valence electrons. The number of carbonyl (C=O) groups is 1. The Bertz CT molecular complexity index is 826. The lowest BCUT2D eigenvalue weighted by Gasteiger charge is -2.17. The van der Waals surface area contributed by atoms with Gasteiger partial charge in [-0.15, -0.1) is 0 Å². The van der Waals surface area contributed by atoms with Crippen molar-refractivity contribution in [2.45, 2.75) is 37.1 Å². The molecule has 2 heterocycles. The third-order valence-electron chi connectivity index (χ3n) is 4.26. The number of nitrogens with zero attached hydrogens (tertiary/aromatic N) is 1. The molecule has 1 aliphatic rings. The van der Waals surface area contributed by atoms with E-state index in [1.807, 2.05) is 23.8 Å². The molecule has 0 aliphatic carbocycles. The summed E-state index contributed by atoms with van der Waals surface area (Å²) in [5.41, 5.74) is 1.54. The first-order chi connectivity index (χ1) is 12.0. The number of benzene rings is 1.